The second-order valence-corrected chi connectivity index (χ2v) is 6.70. The third kappa shape index (κ3) is 3.34. The predicted octanol–water partition coefficient (Wildman–Crippen LogP) is 1.88. The Bertz CT molecular complexity index is 717. The average molecular weight is 340 g/mol. The van der Waals surface area contributed by atoms with Gasteiger partial charge in [0, 0.05) is 44.4 Å². The van der Waals surface area contributed by atoms with Crippen LogP contribution in [0.5, 0.6) is 5.75 Å². The van der Waals surface area contributed by atoms with Gasteiger partial charge in [0.2, 0.25) is 5.91 Å². The van der Waals surface area contributed by atoms with E-state index in [0.29, 0.717) is 19.6 Å². The SMILES string of the molecule is CC#CC(=O)N1CC[C@@H]2[C@H](C1)[C@@H](c1ccc(OC)cc1)CN2C(C)=O. The van der Waals surface area contributed by atoms with E-state index >= 15 is 0 Å². The summed E-state index contributed by atoms with van der Waals surface area (Å²) in [7, 11) is 1.65. The van der Waals surface area contributed by atoms with Crippen LogP contribution in [0.1, 0.15) is 31.7 Å². The molecule has 5 nitrogen and oxygen atoms in total. The Morgan fingerprint density at radius 1 is 1.20 bits per heavy atom. The van der Waals surface area contributed by atoms with Crippen molar-refractivity contribution in [3.63, 3.8) is 0 Å². The fourth-order valence-corrected chi connectivity index (χ4v) is 4.17. The van der Waals surface area contributed by atoms with Crippen molar-refractivity contribution >= 4 is 11.8 Å². The van der Waals surface area contributed by atoms with E-state index in [9.17, 15) is 9.59 Å². The number of piperidine rings is 1. The molecule has 132 valence electrons. The monoisotopic (exact) mass is 340 g/mol. The van der Waals surface area contributed by atoms with E-state index in [-0.39, 0.29) is 29.7 Å². The summed E-state index contributed by atoms with van der Waals surface area (Å²) < 4.78 is 5.24. The summed E-state index contributed by atoms with van der Waals surface area (Å²) in [4.78, 5) is 28.1. The molecule has 0 aromatic heterocycles. The number of methoxy groups -OCH3 is 1. The molecule has 1 aromatic rings. The highest BCUT2D eigenvalue weighted by molar-refractivity contribution is 5.93. The van der Waals surface area contributed by atoms with E-state index in [1.54, 1.807) is 21.0 Å². The largest absolute Gasteiger partial charge is 0.497 e. The highest BCUT2D eigenvalue weighted by Gasteiger charge is 2.46. The molecule has 2 aliphatic heterocycles. The second kappa shape index (κ2) is 7.18. The first-order valence-electron chi connectivity index (χ1n) is 8.68. The summed E-state index contributed by atoms with van der Waals surface area (Å²) in [5.41, 5.74) is 1.19. The van der Waals surface area contributed by atoms with Crippen LogP contribution >= 0.6 is 0 Å². The van der Waals surface area contributed by atoms with Crippen LogP contribution in [0.2, 0.25) is 0 Å². The van der Waals surface area contributed by atoms with E-state index in [2.05, 4.69) is 24.0 Å². The van der Waals surface area contributed by atoms with Crippen LogP contribution in [0, 0.1) is 17.8 Å². The Hall–Kier alpha value is -2.48. The summed E-state index contributed by atoms with van der Waals surface area (Å²) >= 11 is 0. The lowest BCUT2D eigenvalue weighted by atomic mass is 9.81. The third-order valence-corrected chi connectivity index (χ3v) is 5.40. The molecular formula is C20H24N2O3. The molecule has 25 heavy (non-hydrogen) atoms. The molecule has 3 rings (SSSR count). The molecule has 2 heterocycles. The highest BCUT2D eigenvalue weighted by atomic mass is 16.5. The van der Waals surface area contributed by atoms with Gasteiger partial charge in [0.15, 0.2) is 0 Å². The van der Waals surface area contributed by atoms with Crippen LogP contribution < -0.4 is 4.74 Å². The van der Waals surface area contributed by atoms with Gasteiger partial charge in [-0.3, -0.25) is 9.59 Å². The summed E-state index contributed by atoms with van der Waals surface area (Å²) in [5, 5.41) is 0. The number of hydrogen-bond acceptors (Lipinski definition) is 3. The fourth-order valence-electron chi connectivity index (χ4n) is 4.17. The number of amides is 2. The zero-order chi connectivity index (χ0) is 18.0. The van der Waals surface area contributed by atoms with Gasteiger partial charge in [-0.25, -0.2) is 0 Å². The van der Waals surface area contributed by atoms with Gasteiger partial charge in [-0.2, -0.15) is 0 Å². The minimum absolute atomic E-state index is 0.110. The van der Waals surface area contributed by atoms with Gasteiger partial charge in [-0.05, 0) is 37.0 Å². The first-order chi connectivity index (χ1) is 12.0. The van der Waals surface area contributed by atoms with Gasteiger partial charge in [0.05, 0.1) is 7.11 Å². The molecule has 0 bridgehead atoms. The number of carbonyl (C=O) groups excluding carboxylic acids is 2. The van der Waals surface area contributed by atoms with Crippen molar-refractivity contribution in [3.8, 4) is 17.6 Å². The fraction of sp³-hybridized carbons (Fsp3) is 0.500. The molecule has 3 atom stereocenters. The van der Waals surface area contributed by atoms with E-state index in [1.165, 1.54) is 5.56 Å². The number of hydrogen-bond donors (Lipinski definition) is 0. The normalized spacial score (nSPS) is 25.0. The van der Waals surface area contributed by atoms with Crippen molar-refractivity contribution in [1.29, 1.82) is 0 Å². The number of likely N-dealkylation sites (tertiary alicyclic amines) is 2. The Labute approximate surface area is 148 Å². The number of nitrogens with zero attached hydrogens (tertiary/aromatic N) is 2. The van der Waals surface area contributed by atoms with E-state index in [4.69, 9.17) is 4.74 Å². The second-order valence-electron chi connectivity index (χ2n) is 6.70. The predicted molar refractivity (Wildman–Crippen MR) is 95.0 cm³/mol. The van der Waals surface area contributed by atoms with Crippen LogP contribution in [0.3, 0.4) is 0 Å². The maximum absolute atomic E-state index is 12.2. The lowest BCUT2D eigenvalue weighted by molar-refractivity contribution is -0.132. The summed E-state index contributed by atoms with van der Waals surface area (Å²) in [6.07, 6.45) is 0.814. The molecule has 0 saturated carbocycles. The van der Waals surface area contributed by atoms with Gasteiger partial charge in [0.1, 0.15) is 5.75 Å². The number of rotatable bonds is 2. The summed E-state index contributed by atoms with van der Waals surface area (Å²) in [6, 6.07) is 8.24. The van der Waals surface area contributed by atoms with Crippen LogP contribution in [-0.2, 0) is 9.59 Å². The minimum atomic E-state index is -0.115. The number of fused-ring (bicyclic) bond motifs is 1. The Balaban J connectivity index is 1.87. The van der Waals surface area contributed by atoms with Crippen molar-refractivity contribution in [3.05, 3.63) is 29.8 Å². The maximum atomic E-state index is 12.2. The third-order valence-electron chi connectivity index (χ3n) is 5.40. The van der Waals surface area contributed by atoms with E-state index in [0.717, 1.165) is 12.2 Å². The van der Waals surface area contributed by atoms with Gasteiger partial charge in [0.25, 0.3) is 5.91 Å². The smallest absolute Gasteiger partial charge is 0.298 e. The molecule has 2 fully saturated rings. The van der Waals surface area contributed by atoms with Crippen molar-refractivity contribution in [2.24, 2.45) is 5.92 Å². The minimum Gasteiger partial charge on any atom is -0.497 e. The average Bonchev–Trinajstić information content (AvgIpc) is 3.01. The molecule has 5 heteroatoms. The molecule has 2 aliphatic rings. The zero-order valence-electron chi connectivity index (χ0n) is 15.0. The molecule has 0 unspecified atom stereocenters. The molecule has 2 saturated heterocycles. The van der Waals surface area contributed by atoms with Gasteiger partial charge in [-0.1, -0.05) is 18.1 Å². The van der Waals surface area contributed by atoms with Crippen molar-refractivity contribution < 1.29 is 14.3 Å². The van der Waals surface area contributed by atoms with Gasteiger partial charge < -0.3 is 14.5 Å². The van der Waals surface area contributed by atoms with Crippen molar-refractivity contribution in [2.75, 3.05) is 26.7 Å². The number of ether oxygens (including phenoxy) is 1. The highest BCUT2D eigenvalue weighted by Crippen LogP contribution is 2.41. The lowest BCUT2D eigenvalue weighted by Gasteiger charge is -2.38. The first kappa shape index (κ1) is 17.3. The van der Waals surface area contributed by atoms with E-state index < -0.39 is 0 Å². The molecule has 0 aliphatic carbocycles. The lowest BCUT2D eigenvalue weighted by Crippen LogP contribution is -2.49. The first-order valence-corrected chi connectivity index (χ1v) is 8.68. The number of benzene rings is 1. The van der Waals surface area contributed by atoms with Crippen LogP contribution in [-0.4, -0.2) is 54.4 Å². The topological polar surface area (TPSA) is 49.9 Å². The van der Waals surface area contributed by atoms with Crippen LogP contribution in [0.25, 0.3) is 0 Å². The molecule has 0 radical (unpaired) electrons. The summed E-state index contributed by atoms with van der Waals surface area (Å²) in [6.45, 7) is 5.33. The molecule has 0 spiro atoms. The van der Waals surface area contributed by atoms with E-state index in [1.807, 2.05) is 21.9 Å². The molecule has 0 N–H and O–H groups in total. The summed E-state index contributed by atoms with van der Waals surface area (Å²) in [5.74, 6) is 6.61. The molecular weight excluding hydrogens is 316 g/mol. The van der Waals surface area contributed by atoms with Crippen LogP contribution in [0.4, 0.5) is 0 Å². The number of carbonyl (C=O) groups is 2. The molecule has 2 amide bonds. The van der Waals surface area contributed by atoms with Crippen molar-refractivity contribution in [2.45, 2.75) is 32.2 Å². The Kier molecular flexibility index (Phi) is 4.98. The van der Waals surface area contributed by atoms with Gasteiger partial charge >= 0.3 is 0 Å². The quantitative estimate of drug-likeness (QED) is 0.773. The maximum Gasteiger partial charge on any atom is 0.298 e. The van der Waals surface area contributed by atoms with Gasteiger partial charge in [-0.15, -0.1) is 0 Å². The standard InChI is InChI=1S/C20H24N2O3/c1-4-5-20(24)21-11-10-19-18(12-21)17(13-22(19)14(2)23)15-6-8-16(25-3)9-7-15/h6-9,17-19H,10-13H2,1-3H3/t17-,18-,19-/m1/s1. The van der Waals surface area contributed by atoms with Crippen molar-refractivity contribution in [1.82, 2.24) is 9.80 Å². The Morgan fingerprint density at radius 2 is 1.92 bits per heavy atom. The Morgan fingerprint density at radius 3 is 2.52 bits per heavy atom. The van der Waals surface area contributed by atoms with Crippen LogP contribution in [0.15, 0.2) is 24.3 Å². The molecule has 1 aromatic carbocycles. The zero-order valence-corrected chi connectivity index (χ0v) is 15.0.